The van der Waals surface area contributed by atoms with E-state index in [4.69, 9.17) is 4.74 Å². The number of benzene rings is 2. The van der Waals surface area contributed by atoms with Gasteiger partial charge in [0.1, 0.15) is 5.75 Å². The first-order valence-corrected chi connectivity index (χ1v) is 7.98. The van der Waals surface area contributed by atoms with Crippen LogP contribution in [-0.2, 0) is 0 Å². The van der Waals surface area contributed by atoms with Gasteiger partial charge >= 0.3 is 0 Å². The minimum absolute atomic E-state index is 0.0880. The molecule has 2 aromatic rings. The number of ether oxygens (including phenoxy) is 1. The van der Waals surface area contributed by atoms with Gasteiger partial charge in [-0.15, -0.1) is 0 Å². The number of alkyl halides is 2. The maximum Gasteiger partial charge on any atom is 0.294 e. The summed E-state index contributed by atoms with van der Waals surface area (Å²) in [7, 11) is 1.43. The van der Waals surface area contributed by atoms with Crippen molar-refractivity contribution in [2.45, 2.75) is 25.0 Å². The van der Waals surface area contributed by atoms with Gasteiger partial charge in [0.25, 0.3) is 11.8 Å². The Morgan fingerprint density at radius 1 is 1.23 bits per heavy atom. The Hall–Kier alpha value is -2.80. The fourth-order valence-electron chi connectivity index (χ4n) is 2.77. The first-order valence-electron chi connectivity index (χ1n) is 7.98. The van der Waals surface area contributed by atoms with E-state index in [1.54, 1.807) is 42.5 Å². The zero-order chi connectivity index (χ0) is 18.9. The molecule has 2 aromatic carbocycles. The molecule has 1 heterocycles. The fourth-order valence-corrected chi connectivity index (χ4v) is 2.77. The van der Waals surface area contributed by atoms with E-state index >= 15 is 0 Å². The number of hydrogen-bond acceptors (Lipinski definition) is 4. The third kappa shape index (κ3) is 3.06. The zero-order valence-electron chi connectivity index (χ0n) is 14.3. The molecule has 7 heteroatoms. The third-order valence-electron chi connectivity index (χ3n) is 4.30. The summed E-state index contributed by atoms with van der Waals surface area (Å²) >= 11 is 0. The topological polar surface area (TPSA) is 62.1 Å². The molecule has 1 aliphatic heterocycles. The van der Waals surface area contributed by atoms with Crippen molar-refractivity contribution >= 4 is 11.6 Å². The van der Waals surface area contributed by atoms with E-state index in [-0.39, 0.29) is 11.3 Å². The quantitative estimate of drug-likeness (QED) is 0.910. The minimum atomic E-state index is -3.58. The molecule has 0 spiro atoms. The van der Waals surface area contributed by atoms with Gasteiger partial charge in [0.15, 0.2) is 0 Å². The highest BCUT2D eigenvalue weighted by atomic mass is 19.3. The van der Waals surface area contributed by atoms with Crippen LogP contribution in [0.4, 0.5) is 8.78 Å². The summed E-state index contributed by atoms with van der Waals surface area (Å²) in [6.07, 6.45) is -0.476. The molecule has 3 rings (SSSR count). The number of hydrogen-bond donors (Lipinski definition) is 1. The van der Waals surface area contributed by atoms with E-state index in [9.17, 15) is 18.7 Å². The molecule has 0 unspecified atom stereocenters. The van der Waals surface area contributed by atoms with Gasteiger partial charge in [-0.25, -0.2) is 8.78 Å². The van der Waals surface area contributed by atoms with Crippen LogP contribution < -0.4 is 4.74 Å². The molecule has 0 aliphatic carbocycles. The predicted molar refractivity (Wildman–Crippen MR) is 92.3 cm³/mol. The molecule has 5 nitrogen and oxygen atoms in total. The summed E-state index contributed by atoms with van der Waals surface area (Å²) in [6.45, 7) is 0.572. The molecule has 136 valence electrons. The lowest BCUT2D eigenvalue weighted by Crippen LogP contribution is -2.57. The van der Waals surface area contributed by atoms with Crippen molar-refractivity contribution in [2.24, 2.45) is 5.10 Å². The smallest absolute Gasteiger partial charge is 0.294 e. The molecule has 1 amide bonds. The van der Waals surface area contributed by atoms with E-state index in [0.717, 1.165) is 0 Å². The summed E-state index contributed by atoms with van der Waals surface area (Å²) in [5.74, 6) is -4.02. The summed E-state index contributed by atoms with van der Waals surface area (Å²) < 4.78 is 33.5. The number of aliphatic hydroxyl groups is 1. The zero-order valence-corrected chi connectivity index (χ0v) is 14.3. The molecule has 1 aliphatic rings. The Morgan fingerprint density at radius 2 is 1.92 bits per heavy atom. The number of methoxy groups -OCH3 is 1. The van der Waals surface area contributed by atoms with E-state index < -0.39 is 24.0 Å². The van der Waals surface area contributed by atoms with Crippen molar-refractivity contribution in [1.29, 1.82) is 0 Å². The van der Waals surface area contributed by atoms with Gasteiger partial charge in [-0.2, -0.15) is 10.1 Å². The summed E-state index contributed by atoms with van der Waals surface area (Å²) in [6, 6.07) is 14.7. The number of carbonyl (C=O) groups is 1. The van der Waals surface area contributed by atoms with Crippen LogP contribution in [0.5, 0.6) is 5.75 Å². The summed E-state index contributed by atoms with van der Waals surface area (Å²) in [5.41, 5.74) is -1.88. The second-order valence-electron chi connectivity index (χ2n) is 6.14. The lowest BCUT2D eigenvalue weighted by Gasteiger charge is -2.35. The largest absolute Gasteiger partial charge is 0.497 e. The molecule has 0 aromatic heterocycles. The van der Waals surface area contributed by atoms with Crippen molar-refractivity contribution in [3.8, 4) is 5.75 Å². The lowest BCUT2D eigenvalue weighted by atomic mass is 9.96. The van der Waals surface area contributed by atoms with Gasteiger partial charge in [-0.1, -0.05) is 36.4 Å². The van der Waals surface area contributed by atoms with Crippen molar-refractivity contribution in [3.05, 3.63) is 65.7 Å². The molecular formula is C19H18F2N2O3. The lowest BCUT2D eigenvalue weighted by molar-refractivity contribution is -0.222. The number of rotatable bonds is 4. The van der Waals surface area contributed by atoms with Crippen molar-refractivity contribution in [2.75, 3.05) is 7.11 Å². The van der Waals surface area contributed by atoms with Crippen LogP contribution in [0.1, 0.15) is 29.3 Å². The van der Waals surface area contributed by atoms with Gasteiger partial charge in [0.05, 0.1) is 12.8 Å². The van der Waals surface area contributed by atoms with Gasteiger partial charge in [-0.05, 0) is 23.8 Å². The highest BCUT2D eigenvalue weighted by Gasteiger charge is 2.59. The molecule has 0 fully saturated rings. The van der Waals surface area contributed by atoms with E-state index in [1.807, 2.05) is 0 Å². The van der Waals surface area contributed by atoms with E-state index in [1.165, 1.54) is 19.2 Å². The highest BCUT2D eigenvalue weighted by Crippen LogP contribution is 2.40. The van der Waals surface area contributed by atoms with Gasteiger partial charge in [0, 0.05) is 18.9 Å². The second kappa shape index (κ2) is 6.49. The average molecular weight is 360 g/mol. The number of nitrogens with zero attached hydrogens (tertiary/aromatic N) is 2. The summed E-state index contributed by atoms with van der Waals surface area (Å²) in [4.78, 5) is 12.8. The van der Waals surface area contributed by atoms with Crippen LogP contribution in [0.2, 0.25) is 0 Å². The van der Waals surface area contributed by atoms with E-state index in [0.29, 0.717) is 23.2 Å². The predicted octanol–water partition coefficient (Wildman–Crippen LogP) is 3.29. The molecule has 1 N–H and O–H groups in total. The molecular weight excluding hydrogens is 342 g/mol. The maximum absolute atomic E-state index is 14.2. The average Bonchev–Trinajstić information content (AvgIpc) is 3.01. The Kier molecular flexibility index (Phi) is 4.50. The number of carbonyl (C=O) groups excluding carboxylic acids is 1. The number of halogens is 2. The van der Waals surface area contributed by atoms with Crippen molar-refractivity contribution in [1.82, 2.24) is 5.01 Å². The van der Waals surface area contributed by atoms with Gasteiger partial charge in [0.2, 0.25) is 5.72 Å². The maximum atomic E-state index is 14.2. The fraction of sp³-hybridized carbons (Fsp3) is 0.263. The van der Waals surface area contributed by atoms with Gasteiger partial charge < -0.3 is 9.84 Å². The Morgan fingerprint density at radius 3 is 2.54 bits per heavy atom. The summed E-state index contributed by atoms with van der Waals surface area (Å²) in [5, 5.41) is 15.2. The molecule has 0 saturated carbocycles. The molecule has 1 atom stereocenters. The Labute approximate surface area is 149 Å². The molecule has 26 heavy (non-hydrogen) atoms. The normalized spacial score (nSPS) is 20.0. The van der Waals surface area contributed by atoms with Crippen LogP contribution in [0, 0.1) is 0 Å². The van der Waals surface area contributed by atoms with Crippen LogP contribution in [0.3, 0.4) is 0 Å². The van der Waals surface area contributed by atoms with Crippen molar-refractivity contribution < 1.29 is 23.4 Å². The standard InChI is InChI=1S/C19H18F2N2O3/c1-18(20,21)19(25)12-16(13-7-4-3-5-8-13)22-23(19)17(24)14-9-6-10-15(11-14)26-2/h3-11,25H,12H2,1-2H3/t19-/m1/s1. The highest BCUT2D eigenvalue weighted by molar-refractivity contribution is 6.05. The molecule has 0 saturated heterocycles. The third-order valence-corrected chi connectivity index (χ3v) is 4.30. The first-order chi connectivity index (χ1) is 12.3. The van der Waals surface area contributed by atoms with Crippen LogP contribution in [0.15, 0.2) is 59.7 Å². The SMILES string of the molecule is COc1cccc(C(=O)N2N=C(c3ccccc3)C[C@@]2(O)C(C)(F)F)c1. The van der Waals surface area contributed by atoms with Crippen LogP contribution in [0.25, 0.3) is 0 Å². The number of hydrazone groups is 1. The molecule has 0 bridgehead atoms. The minimum Gasteiger partial charge on any atom is -0.497 e. The van der Waals surface area contributed by atoms with Crippen molar-refractivity contribution in [3.63, 3.8) is 0 Å². The Bertz CT molecular complexity index is 849. The first kappa shape index (κ1) is 18.0. The van der Waals surface area contributed by atoms with Crippen LogP contribution >= 0.6 is 0 Å². The monoisotopic (exact) mass is 360 g/mol. The Balaban J connectivity index is 2.04. The second-order valence-corrected chi connectivity index (χ2v) is 6.14. The number of amides is 1. The molecule has 0 radical (unpaired) electrons. The van der Waals surface area contributed by atoms with Gasteiger partial charge in [-0.3, -0.25) is 4.79 Å². The van der Waals surface area contributed by atoms with E-state index in [2.05, 4.69) is 5.10 Å². The van der Waals surface area contributed by atoms with Crippen LogP contribution in [-0.4, -0.2) is 40.5 Å².